The third-order valence-electron chi connectivity index (χ3n) is 5.11. The number of H-pyrrole nitrogens is 1. The Balaban J connectivity index is 1.82. The summed E-state index contributed by atoms with van der Waals surface area (Å²) in [6.07, 6.45) is 0. The van der Waals surface area contributed by atoms with Crippen molar-refractivity contribution in [3.8, 4) is 0 Å². The van der Waals surface area contributed by atoms with E-state index >= 15 is 0 Å². The molecule has 2 aromatic carbocycles. The number of halogens is 1. The highest BCUT2D eigenvalue weighted by molar-refractivity contribution is 7.71. The highest BCUT2D eigenvalue weighted by Crippen LogP contribution is 2.13. The van der Waals surface area contributed by atoms with Gasteiger partial charge in [0.1, 0.15) is 0 Å². The summed E-state index contributed by atoms with van der Waals surface area (Å²) in [7, 11) is 0. The van der Waals surface area contributed by atoms with Gasteiger partial charge in [-0.05, 0) is 61.2 Å². The second kappa shape index (κ2) is 10.0. The van der Waals surface area contributed by atoms with Crippen molar-refractivity contribution >= 4 is 40.6 Å². The van der Waals surface area contributed by atoms with Gasteiger partial charge in [0.05, 0.1) is 17.4 Å². The first-order valence-corrected chi connectivity index (χ1v) is 10.7. The quantitative estimate of drug-likeness (QED) is 0.518. The Morgan fingerprint density at radius 1 is 1.17 bits per heavy atom. The van der Waals surface area contributed by atoms with Gasteiger partial charge in [-0.2, -0.15) is 0 Å². The number of hydrogen-bond donors (Lipinski definition) is 2. The fraction of sp³-hybridized carbons (Fsp3) is 0.318. The van der Waals surface area contributed by atoms with E-state index in [0.29, 0.717) is 39.3 Å². The van der Waals surface area contributed by atoms with Crippen molar-refractivity contribution in [3.63, 3.8) is 0 Å². The molecule has 30 heavy (non-hydrogen) atoms. The Morgan fingerprint density at radius 2 is 1.87 bits per heavy atom. The number of carbonyl (C=O) groups excluding carboxylic acids is 1. The second-order valence-corrected chi connectivity index (χ2v) is 7.81. The molecule has 0 aliphatic heterocycles. The lowest BCUT2D eigenvalue weighted by Gasteiger charge is -2.18. The van der Waals surface area contributed by atoms with Crippen LogP contribution in [-0.4, -0.2) is 46.5 Å². The van der Waals surface area contributed by atoms with Gasteiger partial charge in [-0.15, -0.1) is 0 Å². The molecule has 0 unspecified atom stereocenters. The van der Waals surface area contributed by atoms with E-state index in [9.17, 15) is 9.59 Å². The van der Waals surface area contributed by atoms with Crippen LogP contribution in [-0.2, 0) is 6.54 Å². The zero-order valence-corrected chi connectivity index (χ0v) is 18.6. The minimum absolute atomic E-state index is 0.172. The number of nitrogens with zero attached hydrogens (tertiary/aromatic N) is 2. The zero-order valence-electron chi connectivity index (χ0n) is 17.1. The molecule has 158 valence electrons. The lowest BCUT2D eigenvalue weighted by Crippen LogP contribution is -2.34. The van der Waals surface area contributed by atoms with E-state index in [1.165, 1.54) is 4.57 Å². The van der Waals surface area contributed by atoms with Crippen LogP contribution in [0.3, 0.4) is 0 Å². The summed E-state index contributed by atoms with van der Waals surface area (Å²) in [5.41, 5.74) is 1.76. The van der Waals surface area contributed by atoms with Crippen molar-refractivity contribution in [1.82, 2.24) is 19.8 Å². The largest absolute Gasteiger partial charge is 0.351 e. The van der Waals surface area contributed by atoms with E-state index in [-0.39, 0.29) is 11.5 Å². The number of rotatable bonds is 8. The van der Waals surface area contributed by atoms with Crippen LogP contribution in [0, 0.1) is 4.77 Å². The number of likely N-dealkylation sites (N-methyl/N-ethyl adjacent to an activating group) is 1. The van der Waals surface area contributed by atoms with Gasteiger partial charge < -0.3 is 15.2 Å². The Hall–Kier alpha value is -2.48. The molecule has 0 bridgehead atoms. The fourth-order valence-corrected chi connectivity index (χ4v) is 3.66. The third kappa shape index (κ3) is 5.16. The molecule has 3 rings (SSSR count). The minimum Gasteiger partial charge on any atom is -0.351 e. The molecule has 0 saturated heterocycles. The fourth-order valence-electron chi connectivity index (χ4n) is 3.28. The van der Waals surface area contributed by atoms with E-state index in [4.69, 9.17) is 23.8 Å². The molecule has 3 aromatic rings. The molecule has 2 N–H and O–H groups in total. The molecular formula is C22H25ClN4O2S. The summed E-state index contributed by atoms with van der Waals surface area (Å²) >= 11 is 11.3. The van der Waals surface area contributed by atoms with Crippen molar-refractivity contribution in [3.05, 3.63) is 73.7 Å². The number of hydrogen-bond acceptors (Lipinski definition) is 4. The van der Waals surface area contributed by atoms with E-state index in [1.54, 1.807) is 30.3 Å². The summed E-state index contributed by atoms with van der Waals surface area (Å²) in [6, 6.07) is 12.3. The van der Waals surface area contributed by atoms with E-state index < -0.39 is 0 Å². The van der Waals surface area contributed by atoms with Crippen LogP contribution in [0.2, 0.25) is 5.02 Å². The maximum Gasteiger partial charge on any atom is 0.262 e. The molecule has 1 aromatic heterocycles. The molecule has 0 aliphatic carbocycles. The number of carbonyl (C=O) groups is 1. The molecule has 6 nitrogen and oxygen atoms in total. The number of aromatic amines is 1. The van der Waals surface area contributed by atoms with Crippen molar-refractivity contribution in [2.24, 2.45) is 0 Å². The molecular weight excluding hydrogens is 420 g/mol. The normalized spacial score (nSPS) is 11.2. The number of aromatic nitrogens is 2. The van der Waals surface area contributed by atoms with Gasteiger partial charge in [0.15, 0.2) is 4.77 Å². The molecule has 0 saturated carbocycles. The van der Waals surface area contributed by atoms with E-state index in [1.807, 2.05) is 12.1 Å². The molecule has 0 radical (unpaired) electrons. The average Bonchev–Trinajstić information content (AvgIpc) is 2.75. The molecule has 0 aliphatic rings. The van der Waals surface area contributed by atoms with Gasteiger partial charge in [0.2, 0.25) is 0 Å². The standard InChI is InChI=1S/C22H25ClN4O2S/c1-3-26(4-2)12-11-24-20(28)16-7-10-18-19(13-16)25-22(30)27(21(18)29)14-15-5-8-17(23)9-6-15/h5-10,13H,3-4,11-12,14H2,1-2H3,(H,24,28)(H,25,30). The van der Waals surface area contributed by atoms with Crippen LogP contribution < -0.4 is 10.9 Å². The third-order valence-corrected chi connectivity index (χ3v) is 5.68. The van der Waals surface area contributed by atoms with Crippen LogP contribution in [0.5, 0.6) is 0 Å². The molecule has 1 amide bonds. The van der Waals surface area contributed by atoms with Gasteiger partial charge in [-0.1, -0.05) is 37.6 Å². The van der Waals surface area contributed by atoms with Crippen molar-refractivity contribution < 1.29 is 4.79 Å². The molecule has 0 atom stereocenters. The van der Waals surface area contributed by atoms with Crippen LogP contribution in [0.1, 0.15) is 29.8 Å². The lowest BCUT2D eigenvalue weighted by molar-refractivity contribution is 0.0949. The van der Waals surface area contributed by atoms with Gasteiger partial charge in [-0.25, -0.2) is 0 Å². The van der Waals surface area contributed by atoms with Crippen molar-refractivity contribution in [1.29, 1.82) is 0 Å². The van der Waals surface area contributed by atoms with Crippen molar-refractivity contribution in [2.45, 2.75) is 20.4 Å². The highest BCUT2D eigenvalue weighted by atomic mass is 35.5. The van der Waals surface area contributed by atoms with Crippen LogP contribution in [0.15, 0.2) is 47.3 Å². The molecule has 0 spiro atoms. The highest BCUT2D eigenvalue weighted by Gasteiger charge is 2.11. The SMILES string of the molecule is CCN(CC)CCNC(=O)c1ccc2c(=O)n(Cc3ccc(Cl)cc3)c(=S)[nH]c2c1. The topological polar surface area (TPSA) is 70.1 Å². The van der Waals surface area contributed by atoms with Gasteiger partial charge in [-0.3, -0.25) is 14.2 Å². The Bertz CT molecular complexity index is 1150. The van der Waals surface area contributed by atoms with Gasteiger partial charge in [0.25, 0.3) is 11.5 Å². The number of benzene rings is 2. The van der Waals surface area contributed by atoms with Crippen LogP contribution in [0.4, 0.5) is 0 Å². The first-order valence-electron chi connectivity index (χ1n) is 9.94. The van der Waals surface area contributed by atoms with E-state index in [0.717, 1.165) is 25.2 Å². The summed E-state index contributed by atoms with van der Waals surface area (Å²) < 4.78 is 1.81. The summed E-state index contributed by atoms with van der Waals surface area (Å²) in [5, 5.41) is 4.05. The molecule has 8 heteroatoms. The van der Waals surface area contributed by atoms with Gasteiger partial charge >= 0.3 is 0 Å². The average molecular weight is 445 g/mol. The smallest absolute Gasteiger partial charge is 0.262 e. The monoisotopic (exact) mass is 444 g/mol. The first kappa shape index (κ1) is 22.2. The molecule has 1 heterocycles. The Labute approximate surface area is 185 Å². The summed E-state index contributed by atoms with van der Waals surface area (Å²) in [5.74, 6) is -0.172. The summed E-state index contributed by atoms with van der Waals surface area (Å²) in [6.45, 7) is 7.78. The zero-order chi connectivity index (χ0) is 21.7. The van der Waals surface area contributed by atoms with Crippen molar-refractivity contribution in [2.75, 3.05) is 26.2 Å². The minimum atomic E-state index is -0.197. The van der Waals surface area contributed by atoms with E-state index in [2.05, 4.69) is 29.0 Å². The maximum absolute atomic E-state index is 13.0. The first-order chi connectivity index (χ1) is 14.4. The predicted molar refractivity (Wildman–Crippen MR) is 124 cm³/mol. The lowest BCUT2D eigenvalue weighted by atomic mass is 10.1. The predicted octanol–water partition coefficient (Wildman–Crippen LogP) is 3.83. The van der Waals surface area contributed by atoms with Crippen LogP contribution >= 0.6 is 23.8 Å². The molecule has 0 fully saturated rings. The maximum atomic E-state index is 13.0. The number of nitrogens with one attached hydrogen (secondary N) is 2. The number of amides is 1. The Kier molecular flexibility index (Phi) is 7.42. The second-order valence-electron chi connectivity index (χ2n) is 6.99. The summed E-state index contributed by atoms with van der Waals surface area (Å²) in [4.78, 5) is 30.8. The van der Waals surface area contributed by atoms with Crippen LogP contribution in [0.25, 0.3) is 10.9 Å². The van der Waals surface area contributed by atoms with Gasteiger partial charge in [0, 0.05) is 23.7 Å². The Morgan fingerprint density at radius 3 is 2.53 bits per heavy atom. The number of fused-ring (bicyclic) bond motifs is 1.